The summed E-state index contributed by atoms with van der Waals surface area (Å²) in [4.78, 5) is 24.1. The lowest BCUT2D eigenvalue weighted by Crippen LogP contribution is -2.09. The summed E-state index contributed by atoms with van der Waals surface area (Å²) in [5, 5.41) is 0.789. The molecule has 0 fully saturated rings. The molecule has 0 unspecified atom stereocenters. The van der Waals surface area contributed by atoms with Crippen molar-refractivity contribution in [2.75, 3.05) is 13.7 Å². The SMILES string of the molecule is CCOc1ccc2c(C)cc(=O)oc2c1COC(=O)CCc1ccc(OC)cc1. The van der Waals surface area contributed by atoms with E-state index >= 15 is 0 Å². The van der Waals surface area contributed by atoms with E-state index in [0.717, 1.165) is 22.3 Å². The van der Waals surface area contributed by atoms with Gasteiger partial charge in [-0.1, -0.05) is 12.1 Å². The highest BCUT2D eigenvalue weighted by Crippen LogP contribution is 2.30. The third-order valence-electron chi connectivity index (χ3n) is 4.63. The van der Waals surface area contributed by atoms with Gasteiger partial charge >= 0.3 is 11.6 Å². The van der Waals surface area contributed by atoms with Crippen LogP contribution in [0, 0.1) is 6.92 Å². The van der Waals surface area contributed by atoms with Gasteiger partial charge in [0.25, 0.3) is 0 Å². The molecule has 0 radical (unpaired) electrons. The Morgan fingerprint density at radius 1 is 1.10 bits per heavy atom. The molecule has 3 rings (SSSR count). The number of rotatable bonds is 8. The van der Waals surface area contributed by atoms with Crippen molar-refractivity contribution in [1.82, 2.24) is 0 Å². The standard InChI is InChI=1S/C23H24O6/c1-4-27-20-11-10-18-15(2)13-22(25)29-23(18)19(20)14-28-21(24)12-7-16-5-8-17(26-3)9-6-16/h5-6,8-11,13H,4,7,12,14H2,1-3H3. The fourth-order valence-electron chi connectivity index (χ4n) is 3.11. The highest BCUT2D eigenvalue weighted by molar-refractivity contribution is 5.85. The Morgan fingerprint density at radius 2 is 1.86 bits per heavy atom. The van der Waals surface area contributed by atoms with E-state index in [-0.39, 0.29) is 19.0 Å². The van der Waals surface area contributed by atoms with Gasteiger partial charge in [0.1, 0.15) is 23.7 Å². The molecule has 0 spiro atoms. The number of carbonyl (C=O) groups excluding carboxylic acids is 1. The summed E-state index contributed by atoms with van der Waals surface area (Å²) < 4.78 is 21.6. The van der Waals surface area contributed by atoms with E-state index in [1.807, 2.05) is 44.2 Å². The molecule has 0 aliphatic carbocycles. The van der Waals surface area contributed by atoms with E-state index in [0.29, 0.717) is 29.9 Å². The van der Waals surface area contributed by atoms with Crippen molar-refractivity contribution in [2.24, 2.45) is 0 Å². The monoisotopic (exact) mass is 396 g/mol. The maximum Gasteiger partial charge on any atom is 0.336 e. The summed E-state index contributed by atoms with van der Waals surface area (Å²) in [6.45, 7) is 4.12. The van der Waals surface area contributed by atoms with Crippen LogP contribution in [0.4, 0.5) is 0 Å². The number of aryl methyl sites for hydroxylation is 2. The number of hydrogen-bond acceptors (Lipinski definition) is 6. The molecule has 0 bridgehead atoms. The van der Waals surface area contributed by atoms with Gasteiger partial charge in [0.15, 0.2) is 0 Å². The summed E-state index contributed by atoms with van der Waals surface area (Å²) in [6, 6.07) is 12.6. The number of benzene rings is 2. The topological polar surface area (TPSA) is 75.0 Å². The first-order valence-corrected chi connectivity index (χ1v) is 9.49. The third-order valence-corrected chi connectivity index (χ3v) is 4.63. The van der Waals surface area contributed by atoms with Crippen LogP contribution in [0.3, 0.4) is 0 Å². The van der Waals surface area contributed by atoms with Crippen LogP contribution in [-0.4, -0.2) is 19.7 Å². The third kappa shape index (κ3) is 4.96. The molecular weight excluding hydrogens is 372 g/mol. The Kier molecular flexibility index (Phi) is 6.54. The van der Waals surface area contributed by atoms with E-state index in [2.05, 4.69) is 0 Å². The summed E-state index contributed by atoms with van der Waals surface area (Å²) in [7, 11) is 1.61. The summed E-state index contributed by atoms with van der Waals surface area (Å²) in [5.74, 6) is 0.972. The van der Waals surface area contributed by atoms with Crippen molar-refractivity contribution in [1.29, 1.82) is 0 Å². The lowest BCUT2D eigenvalue weighted by molar-refractivity contribution is -0.144. The van der Waals surface area contributed by atoms with Gasteiger partial charge < -0.3 is 18.6 Å². The summed E-state index contributed by atoms with van der Waals surface area (Å²) in [6.07, 6.45) is 0.801. The second-order valence-electron chi connectivity index (χ2n) is 6.61. The minimum absolute atomic E-state index is 0.0273. The van der Waals surface area contributed by atoms with E-state index in [1.165, 1.54) is 6.07 Å². The number of methoxy groups -OCH3 is 1. The molecular formula is C23H24O6. The molecule has 1 aromatic heterocycles. The largest absolute Gasteiger partial charge is 0.497 e. The van der Waals surface area contributed by atoms with Gasteiger partial charge in [-0.2, -0.15) is 0 Å². The molecule has 0 aliphatic rings. The van der Waals surface area contributed by atoms with Crippen molar-refractivity contribution >= 4 is 16.9 Å². The Labute approximate surface area is 169 Å². The number of fused-ring (bicyclic) bond motifs is 1. The van der Waals surface area contributed by atoms with Crippen LogP contribution in [0.2, 0.25) is 0 Å². The first kappa shape index (κ1) is 20.5. The molecule has 0 atom stereocenters. The highest BCUT2D eigenvalue weighted by atomic mass is 16.5. The number of carbonyl (C=O) groups is 1. The van der Waals surface area contributed by atoms with Gasteiger partial charge in [-0.3, -0.25) is 4.79 Å². The molecule has 0 saturated heterocycles. The lowest BCUT2D eigenvalue weighted by Gasteiger charge is -2.13. The first-order chi connectivity index (χ1) is 14.0. The molecule has 1 heterocycles. The first-order valence-electron chi connectivity index (χ1n) is 9.49. The maximum atomic E-state index is 12.3. The van der Waals surface area contributed by atoms with Crippen LogP contribution in [0.15, 0.2) is 51.7 Å². The minimum atomic E-state index is -0.448. The highest BCUT2D eigenvalue weighted by Gasteiger charge is 2.16. The van der Waals surface area contributed by atoms with Crippen LogP contribution < -0.4 is 15.1 Å². The van der Waals surface area contributed by atoms with Gasteiger partial charge in [-0.25, -0.2) is 4.79 Å². The van der Waals surface area contributed by atoms with Crippen molar-refractivity contribution in [3.63, 3.8) is 0 Å². The van der Waals surface area contributed by atoms with Crippen LogP contribution in [-0.2, 0) is 22.6 Å². The molecule has 0 amide bonds. The lowest BCUT2D eigenvalue weighted by atomic mass is 10.1. The maximum absolute atomic E-state index is 12.3. The number of hydrogen-bond donors (Lipinski definition) is 0. The van der Waals surface area contributed by atoms with Crippen molar-refractivity contribution < 1.29 is 23.4 Å². The Bertz CT molecular complexity index is 1050. The van der Waals surface area contributed by atoms with E-state index in [1.54, 1.807) is 13.2 Å². The smallest absolute Gasteiger partial charge is 0.336 e. The average Bonchev–Trinajstić information content (AvgIpc) is 2.71. The molecule has 2 aromatic carbocycles. The van der Waals surface area contributed by atoms with Gasteiger partial charge in [-0.05, 0) is 55.7 Å². The number of ether oxygens (including phenoxy) is 3. The average molecular weight is 396 g/mol. The Hall–Kier alpha value is -3.28. The van der Waals surface area contributed by atoms with Gasteiger partial charge in [-0.15, -0.1) is 0 Å². The zero-order valence-corrected chi connectivity index (χ0v) is 16.8. The quantitative estimate of drug-likeness (QED) is 0.420. The van der Waals surface area contributed by atoms with Crippen molar-refractivity contribution in [3.05, 3.63) is 69.6 Å². The van der Waals surface area contributed by atoms with E-state index in [9.17, 15) is 9.59 Å². The van der Waals surface area contributed by atoms with E-state index < -0.39 is 5.63 Å². The van der Waals surface area contributed by atoms with E-state index in [4.69, 9.17) is 18.6 Å². The summed E-state index contributed by atoms with van der Waals surface area (Å²) in [5.41, 5.74) is 2.32. The second-order valence-corrected chi connectivity index (χ2v) is 6.61. The zero-order valence-electron chi connectivity index (χ0n) is 16.8. The Balaban J connectivity index is 1.73. The molecule has 0 aliphatic heterocycles. The van der Waals surface area contributed by atoms with Crippen LogP contribution in [0.1, 0.15) is 30.0 Å². The molecule has 6 nitrogen and oxygen atoms in total. The molecule has 0 N–H and O–H groups in total. The predicted molar refractivity (Wildman–Crippen MR) is 110 cm³/mol. The predicted octanol–water partition coefficient (Wildman–Crippen LogP) is 4.18. The van der Waals surface area contributed by atoms with Crippen molar-refractivity contribution in [3.8, 4) is 11.5 Å². The molecule has 6 heteroatoms. The van der Waals surface area contributed by atoms with Crippen LogP contribution in [0.25, 0.3) is 11.0 Å². The Morgan fingerprint density at radius 3 is 2.55 bits per heavy atom. The zero-order chi connectivity index (χ0) is 20.8. The molecule has 152 valence electrons. The van der Waals surface area contributed by atoms with Crippen LogP contribution >= 0.6 is 0 Å². The van der Waals surface area contributed by atoms with Gasteiger partial charge in [0.2, 0.25) is 0 Å². The molecule has 29 heavy (non-hydrogen) atoms. The second kappa shape index (κ2) is 9.28. The fraction of sp³-hybridized carbons (Fsp3) is 0.304. The minimum Gasteiger partial charge on any atom is -0.497 e. The molecule has 0 saturated carbocycles. The van der Waals surface area contributed by atoms with Gasteiger partial charge in [0.05, 0.1) is 19.3 Å². The summed E-state index contributed by atoms with van der Waals surface area (Å²) >= 11 is 0. The normalized spacial score (nSPS) is 10.7. The van der Waals surface area contributed by atoms with Crippen LogP contribution in [0.5, 0.6) is 11.5 Å². The fourth-order valence-corrected chi connectivity index (χ4v) is 3.11. The van der Waals surface area contributed by atoms with Gasteiger partial charge in [0, 0.05) is 17.9 Å². The number of esters is 1. The van der Waals surface area contributed by atoms with Crippen molar-refractivity contribution in [2.45, 2.75) is 33.3 Å². The molecule has 3 aromatic rings.